The number of pyridine rings is 2. The largest absolute Gasteiger partial charge is 0.455 e. The molecule has 0 saturated heterocycles. The Kier molecular flexibility index (Phi) is 6.26. The Labute approximate surface area is 203 Å². The van der Waals surface area contributed by atoms with Gasteiger partial charge in [0.15, 0.2) is 17.2 Å². The Hall–Kier alpha value is -4.26. The number of aryl methyl sites for hydroxylation is 2. The number of nitrogens with one attached hydrogen (secondary N) is 1. The Morgan fingerprint density at radius 1 is 1.26 bits per heavy atom. The van der Waals surface area contributed by atoms with Gasteiger partial charge in [0, 0.05) is 48.5 Å². The van der Waals surface area contributed by atoms with Crippen molar-refractivity contribution in [3.05, 3.63) is 47.5 Å². The van der Waals surface area contributed by atoms with Crippen LogP contribution in [0.1, 0.15) is 44.6 Å². The number of hydrogen-bond donors (Lipinski definition) is 1. The lowest BCUT2D eigenvalue weighted by molar-refractivity contribution is -0.116. The number of Topliss-reactive ketones (excluding diaryl/α,β-unsaturated/α-hetero) is 1. The number of ether oxygens (including phenoxy) is 1. The normalized spacial score (nSPS) is 11.5. The van der Waals surface area contributed by atoms with Gasteiger partial charge in [-0.15, -0.1) is 0 Å². The number of carbonyl (C=O) groups is 1. The van der Waals surface area contributed by atoms with Crippen LogP contribution in [0.25, 0.3) is 11.2 Å². The number of fused-ring (bicyclic) bond motifs is 1. The highest BCUT2D eigenvalue weighted by molar-refractivity contribution is 5.81. The van der Waals surface area contributed by atoms with Crippen molar-refractivity contribution in [3.8, 4) is 17.6 Å². The average Bonchev–Trinajstić information content (AvgIpc) is 3.32. The number of imidazole rings is 1. The molecule has 0 aliphatic carbocycles. The molecule has 0 aliphatic heterocycles. The van der Waals surface area contributed by atoms with Crippen molar-refractivity contribution in [1.82, 2.24) is 29.3 Å². The first-order chi connectivity index (χ1) is 16.6. The minimum absolute atomic E-state index is 0.0379. The molecule has 10 heteroatoms. The van der Waals surface area contributed by atoms with Crippen LogP contribution in [0.2, 0.25) is 0 Å². The quantitative estimate of drug-likeness (QED) is 0.421. The Balaban J connectivity index is 1.65. The van der Waals surface area contributed by atoms with Crippen LogP contribution in [-0.2, 0) is 30.2 Å². The van der Waals surface area contributed by atoms with E-state index < -0.39 is 0 Å². The summed E-state index contributed by atoms with van der Waals surface area (Å²) in [6.07, 6.45) is 3.52. The van der Waals surface area contributed by atoms with E-state index in [9.17, 15) is 10.1 Å². The van der Waals surface area contributed by atoms with E-state index in [-0.39, 0.29) is 24.2 Å². The van der Waals surface area contributed by atoms with Crippen molar-refractivity contribution in [2.24, 2.45) is 7.05 Å². The number of rotatable bonds is 7. The van der Waals surface area contributed by atoms with Gasteiger partial charge in [-0.3, -0.25) is 14.5 Å². The van der Waals surface area contributed by atoms with Crippen molar-refractivity contribution in [2.45, 2.75) is 53.0 Å². The summed E-state index contributed by atoms with van der Waals surface area (Å²) in [4.78, 5) is 24.8. The molecule has 0 bridgehead atoms. The SMILES string of the molecule is CC(=O)Cc1cc(Oc2cnc3nc(Nc4cc(C(C)(C)C)n(CC#N)n4)n(C)c3c2C)ccn1. The molecule has 1 N–H and O–H groups in total. The van der Waals surface area contributed by atoms with Crippen LogP contribution < -0.4 is 10.1 Å². The van der Waals surface area contributed by atoms with Crippen LogP contribution in [0.5, 0.6) is 11.5 Å². The van der Waals surface area contributed by atoms with Gasteiger partial charge in [0.25, 0.3) is 0 Å². The fourth-order valence-electron chi connectivity index (χ4n) is 3.92. The molecule has 0 saturated carbocycles. The molecule has 0 radical (unpaired) electrons. The number of carbonyl (C=O) groups excluding carboxylic acids is 1. The first kappa shape index (κ1) is 23.9. The molecule has 0 fully saturated rings. The number of anilines is 2. The van der Waals surface area contributed by atoms with Crippen LogP contribution in [-0.4, -0.2) is 35.1 Å². The zero-order chi connectivity index (χ0) is 25.3. The van der Waals surface area contributed by atoms with Gasteiger partial charge < -0.3 is 14.6 Å². The zero-order valence-corrected chi connectivity index (χ0v) is 20.7. The standard InChI is InChI=1S/C25H28N8O2/c1-15(34)11-17-12-18(7-9-27-17)35-19-14-28-23-22(16(19)2)32(6)24(30-23)29-21-13-20(25(3,4)5)33(31-21)10-8-26/h7,9,12-14H,10-11H2,1-6H3,(H,28,29,30,31). The van der Waals surface area contributed by atoms with Gasteiger partial charge in [-0.25, -0.2) is 4.98 Å². The molecule has 4 aromatic rings. The first-order valence-electron chi connectivity index (χ1n) is 11.2. The summed E-state index contributed by atoms with van der Waals surface area (Å²) in [5, 5.41) is 17.0. The number of nitriles is 1. The van der Waals surface area contributed by atoms with Gasteiger partial charge >= 0.3 is 0 Å². The van der Waals surface area contributed by atoms with Crippen molar-refractivity contribution in [1.29, 1.82) is 5.26 Å². The molecule has 4 aromatic heterocycles. The van der Waals surface area contributed by atoms with Crippen LogP contribution in [0.15, 0.2) is 30.6 Å². The highest BCUT2D eigenvalue weighted by atomic mass is 16.5. The van der Waals surface area contributed by atoms with E-state index in [4.69, 9.17) is 4.74 Å². The van der Waals surface area contributed by atoms with E-state index in [2.05, 4.69) is 52.2 Å². The van der Waals surface area contributed by atoms with Gasteiger partial charge in [0.05, 0.1) is 23.5 Å². The summed E-state index contributed by atoms with van der Waals surface area (Å²) in [5.74, 6) is 2.38. The third kappa shape index (κ3) is 4.99. The summed E-state index contributed by atoms with van der Waals surface area (Å²) in [6.45, 7) is 9.89. The smallest absolute Gasteiger partial charge is 0.210 e. The molecule has 180 valence electrons. The summed E-state index contributed by atoms with van der Waals surface area (Å²) < 4.78 is 9.69. The maximum atomic E-state index is 11.4. The maximum absolute atomic E-state index is 11.4. The van der Waals surface area contributed by atoms with Gasteiger partial charge in [0.1, 0.15) is 18.1 Å². The fourth-order valence-corrected chi connectivity index (χ4v) is 3.92. The van der Waals surface area contributed by atoms with E-state index in [0.29, 0.717) is 34.6 Å². The van der Waals surface area contributed by atoms with E-state index in [1.807, 2.05) is 24.6 Å². The average molecular weight is 473 g/mol. The predicted molar refractivity (Wildman–Crippen MR) is 132 cm³/mol. The van der Waals surface area contributed by atoms with Gasteiger partial charge in [0.2, 0.25) is 5.95 Å². The first-order valence-corrected chi connectivity index (χ1v) is 11.2. The highest BCUT2D eigenvalue weighted by Gasteiger charge is 2.22. The van der Waals surface area contributed by atoms with E-state index in [1.54, 1.807) is 29.2 Å². The number of hydrogen-bond acceptors (Lipinski definition) is 8. The van der Waals surface area contributed by atoms with Gasteiger partial charge in [-0.2, -0.15) is 15.3 Å². The lowest BCUT2D eigenvalue weighted by Crippen LogP contribution is -2.18. The van der Waals surface area contributed by atoms with Crippen LogP contribution in [0, 0.1) is 18.3 Å². The second kappa shape index (κ2) is 9.18. The van der Waals surface area contributed by atoms with E-state index >= 15 is 0 Å². The molecule has 0 aliphatic rings. The molecule has 0 amide bonds. The molecular formula is C25H28N8O2. The lowest BCUT2D eigenvalue weighted by Gasteiger charge is -2.18. The molecule has 0 atom stereocenters. The number of ketones is 1. The molecule has 0 unspecified atom stereocenters. The van der Waals surface area contributed by atoms with E-state index in [1.165, 1.54) is 6.92 Å². The summed E-state index contributed by atoms with van der Waals surface area (Å²) >= 11 is 0. The maximum Gasteiger partial charge on any atom is 0.210 e. The molecule has 0 spiro atoms. The predicted octanol–water partition coefficient (Wildman–Crippen LogP) is 4.36. The van der Waals surface area contributed by atoms with Crippen molar-refractivity contribution in [3.63, 3.8) is 0 Å². The summed E-state index contributed by atoms with van der Waals surface area (Å²) in [5.41, 5.74) is 3.69. The van der Waals surface area contributed by atoms with Crippen LogP contribution in [0.3, 0.4) is 0 Å². The Morgan fingerprint density at radius 3 is 2.71 bits per heavy atom. The van der Waals surface area contributed by atoms with Crippen LogP contribution in [0.4, 0.5) is 11.8 Å². The highest BCUT2D eigenvalue weighted by Crippen LogP contribution is 2.32. The molecule has 0 aromatic carbocycles. The summed E-state index contributed by atoms with van der Waals surface area (Å²) in [6, 6.07) is 7.60. The molecule has 35 heavy (non-hydrogen) atoms. The fraction of sp³-hybridized carbons (Fsp3) is 0.360. The molecule has 4 heterocycles. The minimum atomic E-state index is -0.169. The minimum Gasteiger partial charge on any atom is -0.455 e. The molecular weight excluding hydrogens is 444 g/mol. The van der Waals surface area contributed by atoms with E-state index in [0.717, 1.165) is 16.8 Å². The van der Waals surface area contributed by atoms with Gasteiger partial charge in [-0.1, -0.05) is 20.8 Å². The molecule has 4 rings (SSSR count). The lowest BCUT2D eigenvalue weighted by atomic mass is 9.92. The summed E-state index contributed by atoms with van der Waals surface area (Å²) in [7, 11) is 1.89. The Bertz CT molecular complexity index is 1450. The van der Waals surface area contributed by atoms with Gasteiger partial charge in [-0.05, 0) is 19.9 Å². The third-order valence-electron chi connectivity index (χ3n) is 5.56. The second-order valence-corrected chi connectivity index (χ2v) is 9.48. The zero-order valence-electron chi connectivity index (χ0n) is 20.7. The second-order valence-electron chi connectivity index (χ2n) is 9.48. The van der Waals surface area contributed by atoms with Crippen molar-refractivity contribution < 1.29 is 9.53 Å². The third-order valence-corrected chi connectivity index (χ3v) is 5.56. The molecule has 10 nitrogen and oxygen atoms in total. The van der Waals surface area contributed by atoms with Crippen molar-refractivity contribution >= 4 is 28.7 Å². The topological polar surface area (TPSA) is 124 Å². The van der Waals surface area contributed by atoms with Crippen molar-refractivity contribution in [2.75, 3.05) is 5.32 Å². The Morgan fingerprint density at radius 2 is 2.03 bits per heavy atom. The monoisotopic (exact) mass is 472 g/mol. The van der Waals surface area contributed by atoms with Crippen LogP contribution >= 0.6 is 0 Å². The number of aromatic nitrogens is 6. The number of nitrogens with zero attached hydrogens (tertiary/aromatic N) is 7.